The number of phenols is 1. The third-order valence-corrected chi connectivity index (χ3v) is 1.98. The summed E-state index contributed by atoms with van der Waals surface area (Å²) in [4.78, 5) is 0.767. The lowest BCUT2D eigenvalue weighted by Gasteiger charge is -2.05. The Bertz CT molecular complexity index is 271. The molecule has 1 aromatic rings. The molecule has 0 atom stereocenters. The minimum atomic E-state index is 0.128. The van der Waals surface area contributed by atoms with Crippen molar-refractivity contribution in [2.24, 2.45) is 0 Å². The smallest absolute Gasteiger partial charge is 0.160 e. The van der Waals surface area contributed by atoms with Crippen LogP contribution in [0.4, 0.5) is 0 Å². The van der Waals surface area contributed by atoms with Crippen molar-refractivity contribution in [3.63, 3.8) is 0 Å². The molecule has 0 fully saturated rings. The van der Waals surface area contributed by atoms with Crippen LogP contribution >= 0.6 is 12.6 Å². The molecule has 0 aliphatic rings. The molecule has 0 bridgehead atoms. The Labute approximate surface area is 71.2 Å². The molecule has 1 N–H and O–H groups in total. The lowest BCUT2D eigenvalue weighted by atomic mass is 10.2. The SMILES string of the molecule is COc1cc(C)c(S)cc1O. The van der Waals surface area contributed by atoms with Crippen LogP contribution < -0.4 is 4.74 Å². The number of phenolic OH excluding ortho intramolecular Hbond substituents is 1. The zero-order valence-corrected chi connectivity index (χ0v) is 7.35. The summed E-state index contributed by atoms with van der Waals surface area (Å²) in [7, 11) is 1.52. The van der Waals surface area contributed by atoms with E-state index in [0.29, 0.717) is 5.75 Å². The Kier molecular flexibility index (Phi) is 2.29. The van der Waals surface area contributed by atoms with Crippen LogP contribution in [0.15, 0.2) is 17.0 Å². The average molecular weight is 170 g/mol. The fourth-order valence-electron chi connectivity index (χ4n) is 0.822. The zero-order valence-electron chi connectivity index (χ0n) is 6.46. The van der Waals surface area contributed by atoms with E-state index in [1.807, 2.05) is 6.92 Å². The van der Waals surface area contributed by atoms with Gasteiger partial charge in [0.25, 0.3) is 0 Å². The largest absolute Gasteiger partial charge is 0.504 e. The van der Waals surface area contributed by atoms with Crippen LogP contribution in [0.25, 0.3) is 0 Å². The van der Waals surface area contributed by atoms with Gasteiger partial charge in [-0.2, -0.15) is 0 Å². The van der Waals surface area contributed by atoms with E-state index in [0.717, 1.165) is 10.5 Å². The van der Waals surface area contributed by atoms with Gasteiger partial charge in [0.1, 0.15) is 0 Å². The van der Waals surface area contributed by atoms with E-state index in [1.54, 1.807) is 12.1 Å². The first-order chi connectivity index (χ1) is 5.15. The highest BCUT2D eigenvalue weighted by Crippen LogP contribution is 2.30. The van der Waals surface area contributed by atoms with Crippen LogP contribution in [0.2, 0.25) is 0 Å². The summed E-state index contributed by atoms with van der Waals surface area (Å²) in [6, 6.07) is 3.31. The molecule has 0 aliphatic heterocycles. The maximum Gasteiger partial charge on any atom is 0.160 e. The van der Waals surface area contributed by atoms with Gasteiger partial charge in [0.15, 0.2) is 11.5 Å². The monoisotopic (exact) mass is 170 g/mol. The second-order valence-corrected chi connectivity index (χ2v) is 2.79. The molecule has 0 saturated heterocycles. The highest BCUT2D eigenvalue weighted by Gasteiger charge is 2.02. The fraction of sp³-hybridized carbons (Fsp3) is 0.250. The molecule has 60 valence electrons. The summed E-state index contributed by atoms with van der Waals surface area (Å²) in [6.07, 6.45) is 0. The molecule has 0 aromatic heterocycles. The van der Waals surface area contributed by atoms with Crippen LogP contribution in [0.1, 0.15) is 5.56 Å². The summed E-state index contributed by atoms with van der Waals surface area (Å²) in [5.74, 6) is 0.614. The van der Waals surface area contributed by atoms with Gasteiger partial charge in [0, 0.05) is 4.90 Å². The van der Waals surface area contributed by atoms with E-state index in [4.69, 9.17) is 4.74 Å². The molecule has 0 amide bonds. The first kappa shape index (κ1) is 8.27. The minimum Gasteiger partial charge on any atom is -0.504 e. The maximum absolute atomic E-state index is 9.24. The highest BCUT2D eigenvalue weighted by atomic mass is 32.1. The average Bonchev–Trinajstić information content (AvgIpc) is 1.97. The van der Waals surface area contributed by atoms with Gasteiger partial charge in [0.2, 0.25) is 0 Å². The summed E-state index contributed by atoms with van der Waals surface area (Å²) >= 11 is 4.14. The predicted octanol–water partition coefficient (Wildman–Crippen LogP) is 2.00. The molecule has 1 rings (SSSR count). The number of benzene rings is 1. The molecule has 11 heavy (non-hydrogen) atoms. The fourth-order valence-corrected chi connectivity index (χ4v) is 1.01. The molecule has 0 spiro atoms. The second kappa shape index (κ2) is 3.05. The predicted molar refractivity (Wildman–Crippen MR) is 46.6 cm³/mol. The number of thiol groups is 1. The van der Waals surface area contributed by atoms with Gasteiger partial charge in [0.05, 0.1) is 7.11 Å². The molecule has 3 heteroatoms. The standard InChI is InChI=1S/C8H10O2S/c1-5-3-7(10-2)6(9)4-8(5)11/h3-4,9,11H,1-2H3. The van der Waals surface area contributed by atoms with Gasteiger partial charge in [-0.3, -0.25) is 0 Å². The zero-order chi connectivity index (χ0) is 8.43. The number of ether oxygens (including phenoxy) is 1. The summed E-state index contributed by atoms with van der Waals surface area (Å²) in [5.41, 5.74) is 0.989. The highest BCUT2D eigenvalue weighted by molar-refractivity contribution is 7.80. The lowest BCUT2D eigenvalue weighted by molar-refractivity contribution is 0.372. The van der Waals surface area contributed by atoms with Crippen molar-refractivity contribution < 1.29 is 9.84 Å². The Hall–Kier alpha value is -0.830. The Balaban J connectivity index is 3.21. The lowest BCUT2D eigenvalue weighted by Crippen LogP contribution is -1.85. The third-order valence-electron chi connectivity index (χ3n) is 1.50. The van der Waals surface area contributed by atoms with Crippen molar-refractivity contribution >= 4 is 12.6 Å². The van der Waals surface area contributed by atoms with E-state index in [1.165, 1.54) is 7.11 Å². The third kappa shape index (κ3) is 1.60. The van der Waals surface area contributed by atoms with Gasteiger partial charge >= 0.3 is 0 Å². The summed E-state index contributed by atoms with van der Waals surface area (Å²) in [6.45, 7) is 1.91. The molecular weight excluding hydrogens is 160 g/mol. The van der Waals surface area contributed by atoms with E-state index in [9.17, 15) is 5.11 Å². The van der Waals surface area contributed by atoms with Gasteiger partial charge in [-0.25, -0.2) is 0 Å². The first-order valence-electron chi connectivity index (χ1n) is 3.21. The number of rotatable bonds is 1. The van der Waals surface area contributed by atoms with Gasteiger partial charge in [-0.15, -0.1) is 12.6 Å². The topological polar surface area (TPSA) is 29.5 Å². The van der Waals surface area contributed by atoms with E-state index >= 15 is 0 Å². The van der Waals surface area contributed by atoms with Crippen molar-refractivity contribution in [2.75, 3.05) is 7.11 Å². The molecule has 0 radical (unpaired) electrons. The van der Waals surface area contributed by atoms with Crippen molar-refractivity contribution in [2.45, 2.75) is 11.8 Å². The van der Waals surface area contributed by atoms with Crippen molar-refractivity contribution in [3.8, 4) is 11.5 Å². The molecule has 1 aromatic carbocycles. The number of methoxy groups -OCH3 is 1. The van der Waals surface area contributed by atoms with Crippen LogP contribution in [0.5, 0.6) is 11.5 Å². The number of aromatic hydroxyl groups is 1. The molecule has 2 nitrogen and oxygen atoms in total. The van der Waals surface area contributed by atoms with Crippen LogP contribution in [0, 0.1) is 6.92 Å². The van der Waals surface area contributed by atoms with Crippen molar-refractivity contribution in [1.82, 2.24) is 0 Å². The number of hydrogen-bond donors (Lipinski definition) is 2. The molecule has 0 heterocycles. The number of hydrogen-bond acceptors (Lipinski definition) is 3. The Morgan fingerprint density at radius 1 is 1.45 bits per heavy atom. The van der Waals surface area contributed by atoms with Crippen LogP contribution in [0.3, 0.4) is 0 Å². The van der Waals surface area contributed by atoms with E-state index in [2.05, 4.69) is 12.6 Å². The minimum absolute atomic E-state index is 0.128. The first-order valence-corrected chi connectivity index (χ1v) is 3.66. The summed E-state index contributed by atoms with van der Waals surface area (Å²) < 4.78 is 4.90. The van der Waals surface area contributed by atoms with Crippen LogP contribution in [-0.2, 0) is 0 Å². The van der Waals surface area contributed by atoms with Crippen LogP contribution in [-0.4, -0.2) is 12.2 Å². The van der Waals surface area contributed by atoms with Gasteiger partial charge in [-0.05, 0) is 24.6 Å². The molecule has 0 unspecified atom stereocenters. The Morgan fingerprint density at radius 2 is 2.09 bits per heavy atom. The van der Waals surface area contributed by atoms with Crippen molar-refractivity contribution in [3.05, 3.63) is 17.7 Å². The quantitative estimate of drug-likeness (QED) is 0.631. The van der Waals surface area contributed by atoms with Crippen molar-refractivity contribution in [1.29, 1.82) is 0 Å². The second-order valence-electron chi connectivity index (χ2n) is 2.31. The summed E-state index contributed by atoms with van der Waals surface area (Å²) in [5, 5.41) is 9.24. The molecular formula is C8H10O2S. The maximum atomic E-state index is 9.24. The van der Waals surface area contributed by atoms with E-state index < -0.39 is 0 Å². The Morgan fingerprint density at radius 3 is 2.64 bits per heavy atom. The normalized spacial score (nSPS) is 9.73. The van der Waals surface area contributed by atoms with Gasteiger partial charge in [-0.1, -0.05) is 0 Å². The van der Waals surface area contributed by atoms with Gasteiger partial charge < -0.3 is 9.84 Å². The molecule has 0 saturated carbocycles. The molecule has 0 aliphatic carbocycles. The van der Waals surface area contributed by atoms with E-state index in [-0.39, 0.29) is 5.75 Å². The number of aryl methyl sites for hydroxylation is 1.